The van der Waals surface area contributed by atoms with Crippen LogP contribution in [0.25, 0.3) is 0 Å². The maximum Gasteiger partial charge on any atom is 0.126 e. The maximum absolute atomic E-state index is 13.0. The van der Waals surface area contributed by atoms with Crippen molar-refractivity contribution >= 4 is 12.4 Å². The van der Waals surface area contributed by atoms with E-state index in [4.69, 9.17) is 0 Å². The second-order valence-electron chi connectivity index (χ2n) is 4.01. The fourth-order valence-corrected chi connectivity index (χ4v) is 2.02. The minimum Gasteiger partial charge on any atom is -0.310 e. The second-order valence-corrected chi connectivity index (χ2v) is 4.01. The molecule has 1 heterocycles. The van der Waals surface area contributed by atoms with Crippen LogP contribution in [0.4, 0.5) is 4.39 Å². The van der Waals surface area contributed by atoms with Gasteiger partial charge < -0.3 is 5.32 Å². The van der Waals surface area contributed by atoms with Crippen molar-refractivity contribution in [1.82, 2.24) is 5.32 Å². The largest absolute Gasteiger partial charge is 0.310 e. The van der Waals surface area contributed by atoms with Crippen LogP contribution in [0.2, 0.25) is 0 Å². The summed E-state index contributed by atoms with van der Waals surface area (Å²) in [6.07, 6.45) is 3.70. The summed E-state index contributed by atoms with van der Waals surface area (Å²) in [5.74, 6) is -0.107. The second kappa shape index (κ2) is 5.47. The summed E-state index contributed by atoms with van der Waals surface area (Å²) in [5, 5.41) is 3.46. The van der Waals surface area contributed by atoms with Crippen LogP contribution in [-0.2, 0) is 0 Å². The van der Waals surface area contributed by atoms with E-state index in [2.05, 4.69) is 5.32 Å². The Labute approximate surface area is 96.5 Å². The minimum atomic E-state index is -0.107. The lowest BCUT2D eigenvalue weighted by atomic mass is 9.96. The lowest BCUT2D eigenvalue weighted by molar-refractivity contribution is 0.411. The Balaban J connectivity index is 0.00000112. The monoisotopic (exact) mass is 229 g/mol. The Morgan fingerprint density at radius 3 is 2.73 bits per heavy atom. The fraction of sp³-hybridized carbons (Fsp3) is 0.500. The van der Waals surface area contributed by atoms with Gasteiger partial charge in [0.15, 0.2) is 0 Å². The average Bonchev–Trinajstić information content (AvgIpc) is 2.23. The number of nitrogens with one attached hydrogen (secondary N) is 1. The third-order valence-electron chi connectivity index (χ3n) is 2.89. The number of piperidine rings is 1. The van der Waals surface area contributed by atoms with E-state index >= 15 is 0 Å². The SMILES string of the molecule is Cc1cc([C@@H]2CCCCN2)ccc1F.Cl. The van der Waals surface area contributed by atoms with Crippen LogP contribution in [-0.4, -0.2) is 6.54 Å². The van der Waals surface area contributed by atoms with Gasteiger partial charge in [0.25, 0.3) is 0 Å². The molecule has 0 aromatic heterocycles. The molecule has 0 saturated carbocycles. The van der Waals surface area contributed by atoms with Crippen LogP contribution in [0, 0.1) is 12.7 Å². The molecule has 1 fully saturated rings. The molecule has 0 spiro atoms. The van der Waals surface area contributed by atoms with Crippen molar-refractivity contribution in [2.45, 2.75) is 32.2 Å². The summed E-state index contributed by atoms with van der Waals surface area (Å²) >= 11 is 0. The third kappa shape index (κ3) is 2.93. The fourth-order valence-electron chi connectivity index (χ4n) is 2.02. The van der Waals surface area contributed by atoms with Crippen molar-refractivity contribution in [2.75, 3.05) is 6.54 Å². The summed E-state index contributed by atoms with van der Waals surface area (Å²) < 4.78 is 13.0. The lowest BCUT2D eigenvalue weighted by Gasteiger charge is -2.24. The molecular weight excluding hydrogens is 213 g/mol. The molecule has 2 rings (SSSR count). The van der Waals surface area contributed by atoms with Gasteiger partial charge in [0.1, 0.15) is 5.82 Å². The number of rotatable bonds is 1. The van der Waals surface area contributed by atoms with E-state index in [0.29, 0.717) is 6.04 Å². The lowest BCUT2D eigenvalue weighted by Crippen LogP contribution is -2.26. The summed E-state index contributed by atoms with van der Waals surface area (Å²) in [7, 11) is 0. The molecule has 1 aromatic carbocycles. The van der Waals surface area contributed by atoms with Gasteiger partial charge in [-0.1, -0.05) is 18.6 Å². The molecule has 1 aliphatic rings. The van der Waals surface area contributed by atoms with E-state index in [9.17, 15) is 4.39 Å². The Morgan fingerprint density at radius 1 is 1.33 bits per heavy atom. The molecule has 0 bridgehead atoms. The van der Waals surface area contributed by atoms with Gasteiger partial charge in [-0.15, -0.1) is 12.4 Å². The minimum absolute atomic E-state index is 0. The molecule has 0 aliphatic carbocycles. The van der Waals surface area contributed by atoms with Crippen molar-refractivity contribution in [1.29, 1.82) is 0 Å². The molecule has 1 nitrogen and oxygen atoms in total. The van der Waals surface area contributed by atoms with Crippen LogP contribution in [0.5, 0.6) is 0 Å². The van der Waals surface area contributed by atoms with Gasteiger partial charge in [0, 0.05) is 6.04 Å². The molecule has 15 heavy (non-hydrogen) atoms. The highest BCUT2D eigenvalue weighted by Gasteiger charge is 2.14. The van der Waals surface area contributed by atoms with Gasteiger partial charge in [-0.25, -0.2) is 4.39 Å². The molecule has 1 aliphatic heterocycles. The Kier molecular flexibility index (Phi) is 4.55. The predicted molar refractivity (Wildman–Crippen MR) is 63.0 cm³/mol. The zero-order valence-corrected chi connectivity index (χ0v) is 9.74. The maximum atomic E-state index is 13.0. The molecule has 84 valence electrons. The smallest absolute Gasteiger partial charge is 0.126 e. The zero-order chi connectivity index (χ0) is 9.97. The standard InChI is InChI=1S/C12H16FN.ClH/c1-9-8-10(5-6-11(9)13)12-4-2-3-7-14-12;/h5-6,8,12,14H,2-4,7H2,1H3;1H/t12-;/m0./s1. The molecule has 0 radical (unpaired) electrons. The van der Waals surface area contributed by atoms with Crippen molar-refractivity contribution < 1.29 is 4.39 Å². The van der Waals surface area contributed by atoms with Crippen LogP contribution < -0.4 is 5.32 Å². The first-order valence-corrected chi connectivity index (χ1v) is 5.27. The molecule has 1 saturated heterocycles. The van der Waals surface area contributed by atoms with Crippen molar-refractivity contribution in [3.63, 3.8) is 0 Å². The molecule has 1 N–H and O–H groups in total. The average molecular weight is 230 g/mol. The van der Waals surface area contributed by atoms with E-state index in [1.807, 2.05) is 19.1 Å². The van der Waals surface area contributed by atoms with Crippen molar-refractivity contribution in [3.8, 4) is 0 Å². The molecule has 0 amide bonds. The highest BCUT2D eigenvalue weighted by Crippen LogP contribution is 2.24. The summed E-state index contributed by atoms with van der Waals surface area (Å²) in [6, 6.07) is 5.85. The summed E-state index contributed by atoms with van der Waals surface area (Å²) in [4.78, 5) is 0. The van der Waals surface area contributed by atoms with Crippen LogP contribution >= 0.6 is 12.4 Å². The third-order valence-corrected chi connectivity index (χ3v) is 2.89. The van der Waals surface area contributed by atoms with Gasteiger partial charge in [0.05, 0.1) is 0 Å². The van der Waals surface area contributed by atoms with E-state index in [1.165, 1.54) is 24.8 Å². The first-order valence-electron chi connectivity index (χ1n) is 5.27. The van der Waals surface area contributed by atoms with E-state index in [-0.39, 0.29) is 18.2 Å². The number of hydrogen-bond acceptors (Lipinski definition) is 1. The van der Waals surface area contributed by atoms with Crippen molar-refractivity contribution in [2.24, 2.45) is 0 Å². The van der Waals surface area contributed by atoms with Gasteiger partial charge in [0.2, 0.25) is 0 Å². The van der Waals surface area contributed by atoms with E-state index in [0.717, 1.165) is 12.1 Å². The first-order chi connectivity index (χ1) is 6.77. The number of benzene rings is 1. The summed E-state index contributed by atoms with van der Waals surface area (Å²) in [5.41, 5.74) is 1.97. The Hall–Kier alpha value is -0.600. The zero-order valence-electron chi connectivity index (χ0n) is 8.92. The number of aryl methyl sites for hydroxylation is 1. The predicted octanol–water partition coefficient (Wildman–Crippen LogP) is 3.37. The van der Waals surface area contributed by atoms with E-state index < -0.39 is 0 Å². The first kappa shape index (κ1) is 12.5. The Morgan fingerprint density at radius 2 is 2.13 bits per heavy atom. The van der Waals surface area contributed by atoms with Crippen molar-refractivity contribution in [3.05, 3.63) is 35.1 Å². The van der Waals surface area contributed by atoms with Gasteiger partial charge in [-0.3, -0.25) is 0 Å². The van der Waals surface area contributed by atoms with Crippen LogP contribution in [0.3, 0.4) is 0 Å². The highest BCUT2D eigenvalue weighted by molar-refractivity contribution is 5.85. The summed E-state index contributed by atoms with van der Waals surface area (Å²) in [6.45, 7) is 2.91. The highest BCUT2D eigenvalue weighted by atomic mass is 35.5. The van der Waals surface area contributed by atoms with E-state index in [1.54, 1.807) is 6.07 Å². The van der Waals surface area contributed by atoms with Gasteiger partial charge in [-0.05, 0) is 43.5 Å². The van der Waals surface area contributed by atoms with Crippen LogP contribution in [0.1, 0.15) is 36.4 Å². The molecule has 1 aromatic rings. The normalized spacial score (nSPS) is 20.8. The molecule has 1 atom stereocenters. The quantitative estimate of drug-likeness (QED) is 0.779. The topological polar surface area (TPSA) is 12.0 Å². The van der Waals surface area contributed by atoms with Gasteiger partial charge >= 0.3 is 0 Å². The molecular formula is C12H17ClFN. The molecule has 0 unspecified atom stereocenters. The Bertz CT molecular complexity index is 321. The van der Waals surface area contributed by atoms with Gasteiger partial charge in [-0.2, -0.15) is 0 Å². The van der Waals surface area contributed by atoms with Crippen LogP contribution in [0.15, 0.2) is 18.2 Å². The molecule has 3 heteroatoms. The number of hydrogen-bond donors (Lipinski definition) is 1. The number of halogens is 2.